The highest BCUT2D eigenvalue weighted by atomic mass is 16.3. The molecule has 0 aliphatic heterocycles. The molecule has 0 amide bonds. The van der Waals surface area contributed by atoms with Crippen LogP contribution in [0.25, 0.3) is 5.57 Å². The lowest BCUT2D eigenvalue weighted by Crippen LogP contribution is -2.08. The summed E-state index contributed by atoms with van der Waals surface area (Å²) in [7, 11) is 0. The largest absolute Gasteiger partial charge is 0.393 e. The Bertz CT molecular complexity index is 473. The summed E-state index contributed by atoms with van der Waals surface area (Å²) >= 11 is 0. The zero-order chi connectivity index (χ0) is 14.4. The highest BCUT2D eigenvalue weighted by molar-refractivity contribution is 6.23. The van der Waals surface area contributed by atoms with Crippen LogP contribution in [0.2, 0.25) is 0 Å². The fourth-order valence-corrected chi connectivity index (χ4v) is 2.90. The minimum absolute atomic E-state index is 0.229. The number of carbonyl (C=O) groups is 1. The molecule has 0 saturated carbocycles. The topological polar surface area (TPSA) is 37.3 Å². The van der Waals surface area contributed by atoms with E-state index < -0.39 is 0 Å². The molecule has 0 saturated heterocycles. The summed E-state index contributed by atoms with van der Waals surface area (Å²) in [6.45, 7) is 2.16. The van der Waals surface area contributed by atoms with Crippen LogP contribution in [0.5, 0.6) is 0 Å². The molecule has 1 aliphatic rings. The molecule has 2 nitrogen and oxygen atoms in total. The maximum absolute atomic E-state index is 12.1. The van der Waals surface area contributed by atoms with Gasteiger partial charge in [-0.25, -0.2) is 0 Å². The molecule has 2 rings (SSSR count). The average Bonchev–Trinajstić information content (AvgIpc) is 2.81. The van der Waals surface area contributed by atoms with Gasteiger partial charge < -0.3 is 5.11 Å². The fraction of sp³-hybridized carbons (Fsp3) is 0.500. The van der Waals surface area contributed by atoms with Crippen molar-refractivity contribution in [2.75, 3.05) is 0 Å². The number of carbonyl (C=O) groups excluding carboxylic acids is 1. The average molecular weight is 272 g/mol. The van der Waals surface area contributed by atoms with E-state index in [-0.39, 0.29) is 11.9 Å². The standard InChI is InChI=1S/C18H24O2/c1-2-3-5-10-16(19)13-15-11-12-17(20)18(15)14-8-6-4-7-9-14/h4,6-9,16,19H,2-3,5,10-13H2,1H3. The van der Waals surface area contributed by atoms with Gasteiger partial charge in [-0.15, -0.1) is 0 Å². The van der Waals surface area contributed by atoms with Gasteiger partial charge in [0.1, 0.15) is 0 Å². The van der Waals surface area contributed by atoms with Crippen molar-refractivity contribution in [1.82, 2.24) is 0 Å². The Balaban J connectivity index is 2.07. The van der Waals surface area contributed by atoms with E-state index in [4.69, 9.17) is 0 Å². The van der Waals surface area contributed by atoms with Gasteiger partial charge in [-0.3, -0.25) is 4.79 Å². The second kappa shape index (κ2) is 7.39. The van der Waals surface area contributed by atoms with E-state index >= 15 is 0 Å². The number of hydrogen-bond donors (Lipinski definition) is 1. The molecule has 0 fully saturated rings. The first kappa shape index (κ1) is 15.0. The summed E-state index contributed by atoms with van der Waals surface area (Å²) < 4.78 is 0. The molecule has 1 N–H and O–H groups in total. The summed E-state index contributed by atoms with van der Waals surface area (Å²) in [5.41, 5.74) is 3.01. The van der Waals surface area contributed by atoms with E-state index in [1.165, 1.54) is 12.8 Å². The molecule has 0 heterocycles. The second-order valence-corrected chi connectivity index (χ2v) is 5.62. The first-order chi connectivity index (χ1) is 9.72. The predicted octanol–water partition coefficient (Wildman–Crippen LogP) is 4.13. The van der Waals surface area contributed by atoms with E-state index in [9.17, 15) is 9.90 Å². The number of rotatable bonds is 7. The van der Waals surface area contributed by atoms with Gasteiger partial charge in [0.2, 0.25) is 0 Å². The maximum atomic E-state index is 12.1. The van der Waals surface area contributed by atoms with E-state index in [1.54, 1.807) is 0 Å². The minimum Gasteiger partial charge on any atom is -0.393 e. The van der Waals surface area contributed by atoms with Crippen molar-refractivity contribution in [3.63, 3.8) is 0 Å². The number of hydrogen-bond acceptors (Lipinski definition) is 2. The van der Waals surface area contributed by atoms with Crippen molar-refractivity contribution in [3.05, 3.63) is 41.5 Å². The van der Waals surface area contributed by atoms with E-state index in [0.29, 0.717) is 12.8 Å². The quantitative estimate of drug-likeness (QED) is 0.758. The summed E-state index contributed by atoms with van der Waals surface area (Å²) in [5, 5.41) is 10.1. The normalized spacial score (nSPS) is 16.8. The van der Waals surface area contributed by atoms with Gasteiger partial charge in [-0.05, 0) is 24.8 Å². The third-order valence-corrected chi connectivity index (χ3v) is 3.97. The molecule has 0 spiro atoms. The zero-order valence-corrected chi connectivity index (χ0v) is 12.3. The third-order valence-electron chi connectivity index (χ3n) is 3.97. The zero-order valence-electron chi connectivity index (χ0n) is 12.3. The molecule has 20 heavy (non-hydrogen) atoms. The van der Waals surface area contributed by atoms with Crippen LogP contribution in [0.4, 0.5) is 0 Å². The fourth-order valence-electron chi connectivity index (χ4n) is 2.90. The highest BCUT2D eigenvalue weighted by Crippen LogP contribution is 2.34. The summed E-state index contributed by atoms with van der Waals surface area (Å²) in [4.78, 5) is 12.1. The van der Waals surface area contributed by atoms with Crippen molar-refractivity contribution in [1.29, 1.82) is 0 Å². The van der Waals surface area contributed by atoms with Gasteiger partial charge in [-0.1, -0.05) is 62.1 Å². The van der Waals surface area contributed by atoms with Crippen molar-refractivity contribution in [2.45, 2.75) is 58.0 Å². The van der Waals surface area contributed by atoms with Gasteiger partial charge in [0.25, 0.3) is 0 Å². The molecule has 108 valence electrons. The molecule has 1 atom stereocenters. The molecule has 0 radical (unpaired) electrons. The SMILES string of the molecule is CCCCCC(O)CC1=C(c2ccccc2)C(=O)CC1. The molecule has 1 aromatic carbocycles. The third kappa shape index (κ3) is 3.80. The lowest BCUT2D eigenvalue weighted by molar-refractivity contribution is -0.113. The lowest BCUT2D eigenvalue weighted by Gasteiger charge is -2.12. The summed E-state index contributed by atoms with van der Waals surface area (Å²) in [5.74, 6) is 0.229. The molecule has 0 aromatic heterocycles. The Morgan fingerprint density at radius 1 is 1.15 bits per heavy atom. The van der Waals surface area contributed by atoms with Crippen LogP contribution < -0.4 is 0 Å². The lowest BCUT2D eigenvalue weighted by atomic mass is 9.96. The van der Waals surface area contributed by atoms with E-state index in [2.05, 4.69) is 6.92 Å². The van der Waals surface area contributed by atoms with Crippen LogP contribution in [0.1, 0.15) is 57.4 Å². The number of aliphatic hydroxyl groups excluding tert-OH is 1. The number of benzene rings is 1. The van der Waals surface area contributed by atoms with Crippen LogP contribution in [0, 0.1) is 0 Å². The van der Waals surface area contributed by atoms with E-state index in [0.717, 1.165) is 36.0 Å². The Hall–Kier alpha value is -1.41. The Morgan fingerprint density at radius 3 is 2.60 bits per heavy atom. The predicted molar refractivity (Wildman–Crippen MR) is 82.4 cm³/mol. The first-order valence-electron chi connectivity index (χ1n) is 7.71. The molecular formula is C18H24O2. The number of Topliss-reactive ketones (excluding diaryl/α,β-unsaturated/α-hetero) is 1. The monoisotopic (exact) mass is 272 g/mol. The molecule has 0 bridgehead atoms. The van der Waals surface area contributed by atoms with Gasteiger partial charge in [0.05, 0.1) is 6.10 Å². The minimum atomic E-state index is -0.304. The molecule has 1 unspecified atom stereocenters. The van der Waals surface area contributed by atoms with E-state index in [1.807, 2.05) is 30.3 Å². The molecule has 1 aliphatic carbocycles. The molecular weight excluding hydrogens is 248 g/mol. The Kier molecular flexibility index (Phi) is 5.54. The molecule has 1 aromatic rings. The smallest absolute Gasteiger partial charge is 0.163 e. The Morgan fingerprint density at radius 2 is 1.90 bits per heavy atom. The molecule has 2 heteroatoms. The van der Waals surface area contributed by atoms with Crippen LogP contribution in [0.3, 0.4) is 0 Å². The Labute approximate surface area is 121 Å². The van der Waals surface area contributed by atoms with Gasteiger partial charge in [0.15, 0.2) is 5.78 Å². The number of allylic oxidation sites excluding steroid dienone is 1. The van der Waals surface area contributed by atoms with Crippen LogP contribution in [-0.4, -0.2) is 17.0 Å². The summed E-state index contributed by atoms with van der Waals surface area (Å²) in [6, 6.07) is 9.86. The maximum Gasteiger partial charge on any atom is 0.163 e. The summed E-state index contributed by atoms with van der Waals surface area (Å²) in [6.07, 6.45) is 6.01. The number of unbranched alkanes of at least 4 members (excludes halogenated alkanes) is 2. The number of ketones is 1. The second-order valence-electron chi connectivity index (χ2n) is 5.62. The van der Waals surface area contributed by atoms with Crippen LogP contribution in [-0.2, 0) is 4.79 Å². The van der Waals surface area contributed by atoms with Gasteiger partial charge in [-0.2, -0.15) is 0 Å². The van der Waals surface area contributed by atoms with Gasteiger partial charge >= 0.3 is 0 Å². The first-order valence-corrected chi connectivity index (χ1v) is 7.71. The van der Waals surface area contributed by atoms with Crippen molar-refractivity contribution in [3.8, 4) is 0 Å². The van der Waals surface area contributed by atoms with Crippen molar-refractivity contribution >= 4 is 11.4 Å². The van der Waals surface area contributed by atoms with Crippen molar-refractivity contribution < 1.29 is 9.90 Å². The highest BCUT2D eigenvalue weighted by Gasteiger charge is 2.25. The number of aliphatic hydroxyl groups is 1. The van der Waals surface area contributed by atoms with Crippen LogP contribution >= 0.6 is 0 Å². The van der Waals surface area contributed by atoms with Crippen LogP contribution in [0.15, 0.2) is 35.9 Å². The van der Waals surface area contributed by atoms with Crippen molar-refractivity contribution in [2.24, 2.45) is 0 Å². The van der Waals surface area contributed by atoms with Gasteiger partial charge in [0, 0.05) is 12.0 Å².